The van der Waals surface area contributed by atoms with Gasteiger partial charge in [0.15, 0.2) is 0 Å². The van der Waals surface area contributed by atoms with Gasteiger partial charge < -0.3 is 14.4 Å². The first-order valence-electron chi connectivity index (χ1n) is 7.18. The molecule has 3 aromatic rings. The van der Waals surface area contributed by atoms with Crippen LogP contribution in [0.15, 0.2) is 53.1 Å². The van der Waals surface area contributed by atoms with E-state index in [1.165, 1.54) is 0 Å². The fraction of sp³-hybridized carbons (Fsp3) is 0.176. The second-order valence-electron chi connectivity index (χ2n) is 5.31. The van der Waals surface area contributed by atoms with Crippen molar-refractivity contribution in [1.82, 2.24) is 10.1 Å². The highest BCUT2D eigenvalue weighted by Crippen LogP contribution is 2.29. The summed E-state index contributed by atoms with van der Waals surface area (Å²) in [5.74, 6) is 2.03. The Hall–Kier alpha value is -2.82. The second kappa shape index (κ2) is 5.18. The molecule has 4 rings (SSSR count). The Labute approximate surface area is 127 Å². The highest BCUT2D eigenvalue weighted by atomic mass is 16.5. The molecule has 5 nitrogen and oxygen atoms in total. The third-order valence-corrected chi connectivity index (χ3v) is 3.48. The standard InChI is InChI=1S/C17H14N2O3/c20-13-5-1-12(2-6-13)17-18-16(19-22-17)11-3-7-14(8-4-11)21-15-9-10-15/h1-8,15,20H,9-10H2. The lowest BCUT2D eigenvalue weighted by Crippen LogP contribution is -1.95. The molecule has 110 valence electrons. The Morgan fingerprint density at radius 1 is 0.955 bits per heavy atom. The van der Waals surface area contributed by atoms with Gasteiger partial charge in [-0.1, -0.05) is 5.16 Å². The summed E-state index contributed by atoms with van der Waals surface area (Å²) in [7, 11) is 0. The average molecular weight is 294 g/mol. The molecule has 5 heteroatoms. The lowest BCUT2D eigenvalue weighted by molar-refractivity contribution is 0.303. The van der Waals surface area contributed by atoms with Gasteiger partial charge in [-0.15, -0.1) is 0 Å². The van der Waals surface area contributed by atoms with Gasteiger partial charge in [-0.2, -0.15) is 4.98 Å². The van der Waals surface area contributed by atoms with Gasteiger partial charge in [0.05, 0.1) is 6.10 Å². The number of phenols is 1. The van der Waals surface area contributed by atoms with Crippen LogP contribution in [0.3, 0.4) is 0 Å². The zero-order valence-electron chi connectivity index (χ0n) is 11.8. The molecule has 1 N–H and O–H groups in total. The average Bonchev–Trinajstić information content (AvgIpc) is 3.22. The summed E-state index contributed by atoms with van der Waals surface area (Å²) in [5.41, 5.74) is 1.64. The molecule has 0 spiro atoms. The molecule has 1 aromatic heterocycles. The number of aromatic hydroxyl groups is 1. The van der Waals surface area contributed by atoms with Crippen molar-refractivity contribution in [2.75, 3.05) is 0 Å². The van der Waals surface area contributed by atoms with Crippen LogP contribution < -0.4 is 4.74 Å². The van der Waals surface area contributed by atoms with Crippen LogP contribution in [0.1, 0.15) is 12.8 Å². The number of aromatic nitrogens is 2. The molecule has 0 radical (unpaired) electrons. The predicted octanol–water partition coefficient (Wildman–Crippen LogP) is 3.65. The monoisotopic (exact) mass is 294 g/mol. The van der Waals surface area contributed by atoms with Crippen molar-refractivity contribution in [2.45, 2.75) is 18.9 Å². The molecule has 1 aliphatic carbocycles. The van der Waals surface area contributed by atoms with E-state index in [1.807, 2.05) is 24.3 Å². The number of hydrogen-bond acceptors (Lipinski definition) is 5. The largest absolute Gasteiger partial charge is 0.508 e. The van der Waals surface area contributed by atoms with Gasteiger partial charge in [0.25, 0.3) is 5.89 Å². The molecule has 0 unspecified atom stereocenters. The zero-order chi connectivity index (χ0) is 14.9. The molecule has 0 bridgehead atoms. The van der Waals surface area contributed by atoms with E-state index in [0.29, 0.717) is 17.8 Å². The molecule has 1 saturated carbocycles. The van der Waals surface area contributed by atoms with E-state index in [0.717, 1.165) is 29.7 Å². The fourth-order valence-electron chi connectivity index (χ4n) is 2.12. The Kier molecular flexibility index (Phi) is 3.04. The molecule has 22 heavy (non-hydrogen) atoms. The first-order valence-corrected chi connectivity index (χ1v) is 7.18. The topological polar surface area (TPSA) is 68.4 Å². The van der Waals surface area contributed by atoms with Crippen molar-refractivity contribution >= 4 is 0 Å². The highest BCUT2D eigenvalue weighted by Gasteiger charge is 2.23. The Morgan fingerprint density at radius 3 is 2.32 bits per heavy atom. The minimum Gasteiger partial charge on any atom is -0.508 e. The quantitative estimate of drug-likeness (QED) is 0.795. The number of benzene rings is 2. The van der Waals surface area contributed by atoms with Crippen LogP contribution in [-0.4, -0.2) is 21.4 Å². The van der Waals surface area contributed by atoms with Gasteiger partial charge in [-0.3, -0.25) is 0 Å². The zero-order valence-corrected chi connectivity index (χ0v) is 11.8. The van der Waals surface area contributed by atoms with E-state index in [9.17, 15) is 5.11 Å². The van der Waals surface area contributed by atoms with E-state index in [1.54, 1.807) is 24.3 Å². The second-order valence-corrected chi connectivity index (χ2v) is 5.31. The molecular weight excluding hydrogens is 280 g/mol. The van der Waals surface area contributed by atoms with Crippen molar-refractivity contribution in [3.05, 3.63) is 48.5 Å². The molecule has 1 fully saturated rings. The van der Waals surface area contributed by atoms with Crippen LogP contribution in [0.5, 0.6) is 11.5 Å². The summed E-state index contributed by atoms with van der Waals surface area (Å²) >= 11 is 0. The van der Waals surface area contributed by atoms with Crippen LogP contribution in [0.2, 0.25) is 0 Å². The number of nitrogens with zero attached hydrogens (tertiary/aromatic N) is 2. The summed E-state index contributed by atoms with van der Waals surface area (Å²) in [6.07, 6.45) is 2.67. The van der Waals surface area contributed by atoms with Gasteiger partial charge in [0, 0.05) is 11.1 Å². The first kappa shape index (κ1) is 12.9. The van der Waals surface area contributed by atoms with E-state index in [-0.39, 0.29) is 5.75 Å². The van der Waals surface area contributed by atoms with Crippen molar-refractivity contribution in [3.8, 4) is 34.3 Å². The Morgan fingerprint density at radius 2 is 1.64 bits per heavy atom. The van der Waals surface area contributed by atoms with E-state index in [4.69, 9.17) is 9.26 Å². The number of rotatable bonds is 4. The fourth-order valence-corrected chi connectivity index (χ4v) is 2.12. The van der Waals surface area contributed by atoms with E-state index in [2.05, 4.69) is 10.1 Å². The lowest BCUT2D eigenvalue weighted by Gasteiger charge is -2.03. The first-order chi connectivity index (χ1) is 10.8. The third kappa shape index (κ3) is 2.65. The SMILES string of the molecule is Oc1ccc(-c2nc(-c3ccc(OC4CC4)cc3)no2)cc1. The molecule has 0 saturated heterocycles. The highest BCUT2D eigenvalue weighted by molar-refractivity contribution is 5.60. The number of hydrogen-bond donors (Lipinski definition) is 1. The Bertz CT molecular complexity index is 774. The van der Waals surface area contributed by atoms with Crippen LogP contribution in [-0.2, 0) is 0 Å². The van der Waals surface area contributed by atoms with Gasteiger partial charge >= 0.3 is 0 Å². The number of ether oxygens (including phenoxy) is 1. The molecule has 0 aliphatic heterocycles. The minimum absolute atomic E-state index is 0.203. The van der Waals surface area contributed by atoms with E-state index >= 15 is 0 Å². The van der Waals surface area contributed by atoms with E-state index < -0.39 is 0 Å². The van der Waals surface area contributed by atoms with Crippen molar-refractivity contribution in [2.24, 2.45) is 0 Å². The van der Waals surface area contributed by atoms with Gasteiger partial charge in [-0.25, -0.2) is 0 Å². The summed E-state index contributed by atoms with van der Waals surface area (Å²) in [5, 5.41) is 13.3. The predicted molar refractivity (Wildman–Crippen MR) is 80.5 cm³/mol. The summed E-state index contributed by atoms with van der Waals surface area (Å²) < 4.78 is 11.0. The summed E-state index contributed by atoms with van der Waals surface area (Å²) in [6, 6.07) is 14.3. The third-order valence-electron chi connectivity index (χ3n) is 3.48. The van der Waals surface area contributed by atoms with Gasteiger partial charge in [0.1, 0.15) is 11.5 Å². The molecule has 1 aliphatic rings. The molecule has 1 heterocycles. The van der Waals surface area contributed by atoms with Crippen molar-refractivity contribution in [1.29, 1.82) is 0 Å². The van der Waals surface area contributed by atoms with Crippen LogP contribution >= 0.6 is 0 Å². The maximum atomic E-state index is 9.30. The summed E-state index contributed by atoms with van der Waals surface area (Å²) in [4.78, 5) is 4.38. The minimum atomic E-state index is 0.203. The number of phenolic OH excluding ortho intramolecular Hbond substituents is 1. The van der Waals surface area contributed by atoms with Crippen LogP contribution in [0.25, 0.3) is 22.8 Å². The lowest BCUT2D eigenvalue weighted by atomic mass is 10.2. The molecule has 0 atom stereocenters. The smallest absolute Gasteiger partial charge is 0.258 e. The Balaban J connectivity index is 1.56. The maximum absolute atomic E-state index is 9.30. The molecule has 2 aromatic carbocycles. The normalized spacial score (nSPS) is 14.0. The van der Waals surface area contributed by atoms with Gasteiger partial charge in [-0.05, 0) is 61.4 Å². The van der Waals surface area contributed by atoms with Gasteiger partial charge in [0.2, 0.25) is 5.82 Å². The van der Waals surface area contributed by atoms with Crippen LogP contribution in [0, 0.1) is 0 Å². The van der Waals surface area contributed by atoms with Crippen LogP contribution in [0.4, 0.5) is 0 Å². The molecule has 0 amide bonds. The van der Waals surface area contributed by atoms with Crippen molar-refractivity contribution < 1.29 is 14.4 Å². The summed E-state index contributed by atoms with van der Waals surface area (Å²) in [6.45, 7) is 0. The maximum Gasteiger partial charge on any atom is 0.258 e. The molecular formula is C17H14N2O3. The van der Waals surface area contributed by atoms with Crippen molar-refractivity contribution in [3.63, 3.8) is 0 Å².